The van der Waals surface area contributed by atoms with E-state index in [0.717, 1.165) is 5.75 Å². The zero-order valence-electron chi connectivity index (χ0n) is 18.7. The predicted octanol–water partition coefficient (Wildman–Crippen LogP) is 0.664. The highest BCUT2D eigenvalue weighted by molar-refractivity contribution is 7.98. The van der Waals surface area contributed by atoms with Crippen molar-refractivity contribution in [1.29, 1.82) is 0 Å². The Morgan fingerprint density at radius 2 is 1.68 bits per heavy atom. The topological polar surface area (TPSA) is 133 Å². The Morgan fingerprint density at radius 3 is 2.23 bits per heavy atom. The number of carboxylic acids is 1. The van der Waals surface area contributed by atoms with E-state index in [4.69, 9.17) is 5.73 Å². The van der Waals surface area contributed by atoms with E-state index in [1.54, 1.807) is 11.8 Å². The second kappa shape index (κ2) is 11.7. The number of likely N-dealkylation sites (tertiary alicyclic amines) is 2. The quantitative estimate of drug-likeness (QED) is 0.440. The van der Waals surface area contributed by atoms with E-state index in [2.05, 4.69) is 5.32 Å². The largest absolute Gasteiger partial charge is 0.480 e. The van der Waals surface area contributed by atoms with Gasteiger partial charge >= 0.3 is 5.97 Å². The number of amides is 3. The van der Waals surface area contributed by atoms with Gasteiger partial charge in [0.1, 0.15) is 18.1 Å². The number of nitrogens with two attached hydrogens (primary N) is 1. The first-order valence-corrected chi connectivity index (χ1v) is 12.5. The Morgan fingerprint density at radius 1 is 1.10 bits per heavy atom. The standard InChI is InChI=1S/C21H36N4O5S/c1-4-13(2)17(20(28)25-11-6-8-16(25)21(29)30)23-18(26)15-7-5-10-24(15)19(27)14(22)9-12-31-3/h13-17H,4-12,22H2,1-3H3,(H,23,26)(H,29,30). The monoisotopic (exact) mass is 456 g/mol. The van der Waals surface area contributed by atoms with Gasteiger partial charge in [0.2, 0.25) is 17.7 Å². The zero-order valence-corrected chi connectivity index (χ0v) is 19.5. The summed E-state index contributed by atoms with van der Waals surface area (Å²) in [5.74, 6) is -1.38. The maximum absolute atomic E-state index is 13.2. The maximum Gasteiger partial charge on any atom is 0.326 e. The number of nitrogens with zero attached hydrogens (tertiary/aromatic N) is 2. The van der Waals surface area contributed by atoms with Crippen LogP contribution in [0.15, 0.2) is 0 Å². The summed E-state index contributed by atoms with van der Waals surface area (Å²) < 4.78 is 0. The average molecular weight is 457 g/mol. The zero-order chi connectivity index (χ0) is 23.1. The van der Waals surface area contributed by atoms with E-state index >= 15 is 0 Å². The van der Waals surface area contributed by atoms with Gasteiger partial charge in [0.15, 0.2) is 0 Å². The number of thioether (sulfide) groups is 1. The van der Waals surface area contributed by atoms with Crippen molar-refractivity contribution in [3.8, 4) is 0 Å². The minimum Gasteiger partial charge on any atom is -0.480 e. The Balaban J connectivity index is 2.11. The Hall–Kier alpha value is -1.81. The average Bonchev–Trinajstić information content (AvgIpc) is 3.43. The van der Waals surface area contributed by atoms with Crippen molar-refractivity contribution in [2.45, 2.75) is 76.5 Å². The van der Waals surface area contributed by atoms with Crippen molar-refractivity contribution < 1.29 is 24.3 Å². The molecule has 0 aromatic rings. The Labute approximate surface area is 188 Å². The third kappa shape index (κ3) is 6.12. The van der Waals surface area contributed by atoms with Gasteiger partial charge < -0.3 is 26.0 Å². The molecule has 5 atom stereocenters. The summed E-state index contributed by atoms with van der Waals surface area (Å²) in [7, 11) is 0. The SMILES string of the molecule is CCC(C)C(NC(=O)C1CCCN1C(=O)C(N)CCSC)C(=O)N1CCCC1C(=O)O. The van der Waals surface area contributed by atoms with Crippen molar-refractivity contribution in [3.63, 3.8) is 0 Å². The van der Waals surface area contributed by atoms with E-state index in [1.807, 2.05) is 20.1 Å². The van der Waals surface area contributed by atoms with Crippen LogP contribution in [0.4, 0.5) is 0 Å². The van der Waals surface area contributed by atoms with Gasteiger partial charge in [-0.3, -0.25) is 14.4 Å². The molecule has 31 heavy (non-hydrogen) atoms. The lowest BCUT2D eigenvalue weighted by molar-refractivity contribution is -0.150. The van der Waals surface area contributed by atoms with Gasteiger partial charge in [-0.05, 0) is 50.0 Å². The number of rotatable bonds is 10. The van der Waals surface area contributed by atoms with Crippen molar-refractivity contribution >= 4 is 35.5 Å². The van der Waals surface area contributed by atoms with Crippen molar-refractivity contribution in [2.24, 2.45) is 11.7 Å². The van der Waals surface area contributed by atoms with Gasteiger partial charge in [-0.2, -0.15) is 11.8 Å². The van der Waals surface area contributed by atoms with Gasteiger partial charge in [0.05, 0.1) is 6.04 Å². The number of carbonyl (C=O) groups excluding carboxylic acids is 3. The normalized spacial score (nSPS) is 24.0. The molecule has 2 heterocycles. The van der Waals surface area contributed by atoms with Crippen LogP contribution >= 0.6 is 11.8 Å². The summed E-state index contributed by atoms with van der Waals surface area (Å²) in [5.41, 5.74) is 6.04. The van der Waals surface area contributed by atoms with Crippen LogP contribution in [0, 0.1) is 5.92 Å². The van der Waals surface area contributed by atoms with E-state index in [0.29, 0.717) is 51.6 Å². The summed E-state index contributed by atoms with van der Waals surface area (Å²) in [6, 6.07) is -2.97. The summed E-state index contributed by atoms with van der Waals surface area (Å²) in [5, 5.41) is 12.3. The predicted molar refractivity (Wildman–Crippen MR) is 119 cm³/mol. The second-order valence-corrected chi connectivity index (χ2v) is 9.46. The summed E-state index contributed by atoms with van der Waals surface area (Å²) in [6.45, 7) is 4.63. The first-order valence-electron chi connectivity index (χ1n) is 11.1. The molecule has 0 spiro atoms. The van der Waals surface area contributed by atoms with Crippen LogP contribution in [0.2, 0.25) is 0 Å². The molecule has 2 rings (SSSR count). The van der Waals surface area contributed by atoms with Crippen molar-refractivity contribution in [2.75, 3.05) is 25.1 Å². The molecule has 0 aliphatic carbocycles. The maximum atomic E-state index is 13.2. The molecule has 5 unspecified atom stereocenters. The third-order valence-electron chi connectivity index (χ3n) is 6.39. The van der Waals surface area contributed by atoms with Crippen LogP contribution < -0.4 is 11.1 Å². The van der Waals surface area contributed by atoms with Gasteiger partial charge in [-0.15, -0.1) is 0 Å². The highest BCUT2D eigenvalue weighted by Crippen LogP contribution is 2.23. The molecule has 3 amide bonds. The lowest BCUT2D eigenvalue weighted by atomic mass is 9.96. The third-order valence-corrected chi connectivity index (χ3v) is 7.03. The summed E-state index contributed by atoms with van der Waals surface area (Å²) in [6.07, 6.45) is 5.41. The fourth-order valence-corrected chi connectivity index (χ4v) is 4.77. The number of carboxylic acid groups (broad SMARTS) is 1. The molecule has 2 saturated heterocycles. The molecule has 0 saturated carbocycles. The summed E-state index contributed by atoms with van der Waals surface area (Å²) >= 11 is 1.61. The number of aliphatic carboxylic acids is 1. The van der Waals surface area contributed by atoms with Crippen LogP contribution in [-0.2, 0) is 19.2 Å². The lowest BCUT2D eigenvalue weighted by Gasteiger charge is -2.32. The number of hydrogen-bond acceptors (Lipinski definition) is 6. The first-order chi connectivity index (χ1) is 14.7. The number of nitrogens with one attached hydrogen (secondary N) is 1. The molecule has 0 bridgehead atoms. The molecular weight excluding hydrogens is 420 g/mol. The molecule has 4 N–H and O–H groups in total. The fourth-order valence-electron chi connectivity index (χ4n) is 4.28. The van der Waals surface area contributed by atoms with E-state index < -0.39 is 30.1 Å². The second-order valence-electron chi connectivity index (χ2n) is 8.48. The highest BCUT2D eigenvalue weighted by atomic mass is 32.2. The van der Waals surface area contributed by atoms with Gasteiger partial charge in [0.25, 0.3) is 0 Å². The van der Waals surface area contributed by atoms with Gasteiger partial charge in [-0.25, -0.2) is 4.79 Å². The van der Waals surface area contributed by atoms with Crippen LogP contribution in [0.3, 0.4) is 0 Å². The fraction of sp³-hybridized carbons (Fsp3) is 0.810. The minimum absolute atomic E-state index is 0.166. The Kier molecular flexibility index (Phi) is 9.61. The molecule has 9 nitrogen and oxygen atoms in total. The molecule has 2 aliphatic heterocycles. The Bertz CT molecular complexity index is 676. The smallest absolute Gasteiger partial charge is 0.326 e. The van der Waals surface area contributed by atoms with E-state index in [1.165, 1.54) is 9.80 Å². The first kappa shape index (κ1) is 25.5. The molecule has 0 radical (unpaired) electrons. The molecule has 10 heteroatoms. The van der Waals surface area contributed by atoms with Crippen LogP contribution in [0.1, 0.15) is 52.4 Å². The minimum atomic E-state index is -1.02. The van der Waals surface area contributed by atoms with Crippen LogP contribution in [0.25, 0.3) is 0 Å². The number of hydrogen-bond donors (Lipinski definition) is 3. The molecular formula is C21H36N4O5S. The molecule has 2 aliphatic rings. The van der Waals surface area contributed by atoms with Gasteiger partial charge in [0, 0.05) is 13.1 Å². The highest BCUT2D eigenvalue weighted by Gasteiger charge is 2.41. The van der Waals surface area contributed by atoms with Crippen molar-refractivity contribution in [3.05, 3.63) is 0 Å². The molecule has 2 fully saturated rings. The van der Waals surface area contributed by atoms with E-state index in [-0.39, 0.29) is 23.6 Å². The van der Waals surface area contributed by atoms with E-state index in [9.17, 15) is 24.3 Å². The number of carbonyl (C=O) groups is 4. The summed E-state index contributed by atoms with van der Waals surface area (Å²) in [4.78, 5) is 53.5. The van der Waals surface area contributed by atoms with Crippen LogP contribution in [0.5, 0.6) is 0 Å². The lowest BCUT2D eigenvalue weighted by Crippen LogP contribution is -2.58. The van der Waals surface area contributed by atoms with Gasteiger partial charge in [-0.1, -0.05) is 20.3 Å². The molecule has 176 valence electrons. The molecule has 0 aromatic carbocycles. The van der Waals surface area contributed by atoms with Crippen molar-refractivity contribution in [1.82, 2.24) is 15.1 Å². The van der Waals surface area contributed by atoms with Crippen LogP contribution in [-0.4, -0.2) is 87.9 Å². The molecule has 0 aromatic heterocycles.